The Hall–Kier alpha value is -8.32. The van der Waals surface area contributed by atoms with Crippen molar-refractivity contribution in [1.29, 1.82) is 0 Å². The monoisotopic (exact) mass is 872 g/mol. The molecular formula is C61H37BN2O2S. The van der Waals surface area contributed by atoms with E-state index in [1.54, 1.807) is 0 Å². The van der Waals surface area contributed by atoms with E-state index in [4.69, 9.17) is 9.47 Å². The Morgan fingerprint density at radius 1 is 0.418 bits per heavy atom. The van der Waals surface area contributed by atoms with Crippen molar-refractivity contribution < 1.29 is 9.47 Å². The van der Waals surface area contributed by atoms with Gasteiger partial charge in [-0.3, -0.25) is 0 Å². The van der Waals surface area contributed by atoms with E-state index >= 15 is 0 Å². The normalized spacial score (nSPS) is 12.8. The molecule has 0 fully saturated rings. The summed E-state index contributed by atoms with van der Waals surface area (Å²) >= 11 is 1.89. The van der Waals surface area contributed by atoms with Gasteiger partial charge in [0.15, 0.2) is 0 Å². The molecule has 2 aliphatic rings. The highest BCUT2D eigenvalue weighted by Gasteiger charge is 2.41. The van der Waals surface area contributed by atoms with Gasteiger partial charge in [-0.25, -0.2) is 0 Å². The minimum absolute atomic E-state index is 0.108. The maximum Gasteiger partial charge on any atom is 0.260 e. The van der Waals surface area contributed by atoms with Crippen LogP contribution in [0.1, 0.15) is 5.56 Å². The van der Waals surface area contributed by atoms with Crippen molar-refractivity contribution in [2.24, 2.45) is 0 Å². The fourth-order valence-electron chi connectivity index (χ4n) is 11.6. The third-order valence-electron chi connectivity index (χ3n) is 14.4. The number of para-hydroxylation sites is 3. The lowest BCUT2D eigenvalue weighted by molar-refractivity contribution is 0.464. The summed E-state index contributed by atoms with van der Waals surface area (Å²) in [5.41, 5.74) is 16.1. The standard InChI is InChI=1S/C61H37BN2O2S/c1-36-56(38-18-6-3-7-19-38)58-44-22-10-14-26-50(44)64(60(58)61-57(36)45-23-11-15-27-55(45)67-61)40-29-31-47-52(33-40)66-54-35-41(63-48-24-12-8-20-42(48)43-21-9-13-25-49(43)63)34-53-59(54)62(47)46-30-28-39(32-51(46)65-53)37-16-4-2-5-17-37/h2-35H,1H3. The zero-order valence-corrected chi connectivity index (χ0v) is 37.1. The molecule has 3 aromatic heterocycles. The molecule has 0 saturated heterocycles. The van der Waals surface area contributed by atoms with Gasteiger partial charge < -0.3 is 18.6 Å². The summed E-state index contributed by atoms with van der Waals surface area (Å²) in [7, 11) is 0. The van der Waals surface area contributed by atoms with E-state index < -0.39 is 0 Å². The number of nitrogens with zero attached hydrogens (tertiary/aromatic N) is 2. The lowest BCUT2D eigenvalue weighted by Crippen LogP contribution is -2.57. The summed E-state index contributed by atoms with van der Waals surface area (Å²) in [6.07, 6.45) is 0. The lowest BCUT2D eigenvalue weighted by Gasteiger charge is -2.34. The van der Waals surface area contributed by atoms with Crippen molar-refractivity contribution in [3.63, 3.8) is 0 Å². The molecule has 0 bridgehead atoms. The minimum Gasteiger partial charge on any atom is -0.458 e. The maximum atomic E-state index is 7.30. The predicted octanol–water partition coefficient (Wildman–Crippen LogP) is 14.6. The number of ether oxygens (including phenoxy) is 2. The Bertz CT molecular complexity index is 4190. The molecule has 0 N–H and O–H groups in total. The summed E-state index contributed by atoms with van der Waals surface area (Å²) in [5.74, 6) is 3.32. The zero-order chi connectivity index (χ0) is 43.9. The highest BCUT2D eigenvalue weighted by Crippen LogP contribution is 2.50. The number of rotatable bonds is 4. The molecule has 10 aromatic carbocycles. The maximum absolute atomic E-state index is 7.30. The van der Waals surface area contributed by atoms with Gasteiger partial charge in [0.2, 0.25) is 0 Å². The van der Waals surface area contributed by atoms with Crippen molar-refractivity contribution in [2.75, 3.05) is 0 Å². The first-order valence-electron chi connectivity index (χ1n) is 22.9. The van der Waals surface area contributed by atoms with Crippen LogP contribution in [0.4, 0.5) is 0 Å². The van der Waals surface area contributed by atoms with E-state index in [9.17, 15) is 0 Å². The van der Waals surface area contributed by atoms with Crippen LogP contribution in [0.15, 0.2) is 206 Å². The summed E-state index contributed by atoms with van der Waals surface area (Å²) in [4.78, 5) is 0. The molecule has 0 spiro atoms. The van der Waals surface area contributed by atoms with Gasteiger partial charge >= 0.3 is 0 Å². The van der Waals surface area contributed by atoms with Gasteiger partial charge in [-0.2, -0.15) is 0 Å². The first-order chi connectivity index (χ1) is 33.2. The second-order valence-electron chi connectivity index (χ2n) is 17.9. The number of benzene rings is 10. The highest BCUT2D eigenvalue weighted by molar-refractivity contribution is 7.26. The molecule has 6 heteroatoms. The summed E-state index contributed by atoms with van der Waals surface area (Å²) in [6, 6.07) is 74.7. The molecule has 0 aliphatic carbocycles. The quantitative estimate of drug-likeness (QED) is 0.165. The van der Waals surface area contributed by atoms with Gasteiger partial charge in [-0.05, 0) is 82.1 Å². The second-order valence-corrected chi connectivity index (χ2v) is 19.0. The zero-order valence-electron chi connectivity index (χ0n) is 36.3. The topological polar surface area (TPSA) is 28.3 Å². The third-order valence-corrected chi connectivity index (χ3v) is 15.6. The molecule has 0 amide bonds. The smallest absolute Gasteiger partial charge is 0.260 e. The van der Waals surface area contributed by atoms with Crippen LogP contribution in [0, 0.1) is 6.92 Å². The largest absolute Gasteiger partial charge is 0.458 e. The van der Waals surface area contributed by atoms with Crippen molar-refractivity contribution in [3.8, 4) is 56.6 Å². The number of hydrogen-bond acceptors (Lipinski definition) is 3. The molecule has 312 valence electrons. The molecule has 0 saturated carbocycles. The highest BCUT2D eigenvalue weighted by atomic mass is 32.1. The lowest BCUT2D eigenvalue weighted by atomic mass is 9.35. The Kier molecular flexibility index (Phi) is 7.64. The van der Waals surface area contributed by atoms with Crippen LogP contribution >= 0.6 is 11.3 Å². The van der Waals surface area contributed by atoms with Crippen molar-refractivity contribution in [2.45, 2.75) is 6.92 Å². The molecule has 5 heterocycles. The Balaban J connectivity index is 1.00. The molecule has 15 rings (SSSR count). The summed E-state index contributed by atoms with van der Waals surface area (Å²) in [5, 5.41) is 7.54. The molecule has 0 radical (unpaired) electrons. The number of thiophene rings is 1. The number of aromatic nitrogens is 2. The van der Waals surface area contributed by atoms with E-state index in [0.29, 0.717) is 0 Å². The third kappa shape index (κ3) is 5.19. The van der Waals surface area contributed by atoms with Crippen LogP contribution in [-0.2, 0) is 0 Å². The Morgan fingerprint density at radius 3 is 1.64 bits per heavy atom. The van der Waals surface area contributed by atoms with Crippen LogP contribution in [0.25, 0.3) is 97.4 Å². The molecule has 13 aromatic rings. The second kappa shape index (κ2) is 13.8. The first-order valence-corrected chi connectivity index (χ1v) is 23.8. The first kappa shape index (κ1) is 37.0. The molecule has 67 heavy (non-hydrogen) atoms. The average Bonchev–Trinajstić information content (AvgIpc) is 4.05. The van der Waals surface area contributed by atoms with E-state index in [2.05, 4.69) is 222 Å². The van der Waals surface area contributed by atoms with Crippen LogP contribution in [0.3, 0.4) is 0 Å². The van der Waals surface area contributed by atoms with Crippen molar-refractivity contribution in [3.05, 3.63) is 212 Å². The van der Waals surface area contributed by atoms with E-state index in [1.165, 1.54) is 63.9 Å². The number of aryl methyl sites for hydroxylation is 1. The van der Waals surface area contributed by atoms with Crippen LogP contribution in [0.2, 0.25) is 0 Å². The van der Waals surface area contributed by atoms with Crippen LogP contribution in [0.5, 0.6) is 23.0 Å². The summed E-state index contributed by atoms with van der Waals surface area (Å²) in [6.45, 7) is 2.21. The van der Waals surface area contributed by atoms with Gasteiger partial charge in [0.25, 0.3) is 6.71 Å². The predicted molar refractivity (Wildman–Crippen MR) is 281 cm³/mol. The van der Waals surface area contributed by atoms with Gasteiger partial charge in [0, 0.05) is 66.4 Å². The fraction of sp³-hybridized carbons (Fsp3) is 0.0164. The van der Waals surface area contributed by atoms with Gasteiger partial charge in [-0.15, -0.1) is 11.3 Å². The Labute approximate surface area is 390 Å². The number of fused-ring (bicyclic) bond motifs is 14. The molecular weight excluding hydrogens is 836 g/mol. The summed E-state index contributed by atoms with van der Waals surface area (Å²) < 4.78 is 21.8. The van der Waals surface area contributed by atoms with Crippen LogP contribution in [-0.4, -0.2) is 15.8 Å². The molecule has 0 atom stereocenters. The van der Waals surface area contributed by atoms with E-state index in [-0.39, 0.29) is 6.71 Å². The van der Waals surface area contributed by atoms with E-state index in [0.717, 1.165) is 78.4 Å². The van der Waals surface area contributed by atoms with Gasteiger partial charge in [0.1, 0.15) is 23.0 Å². The van der Waals surface area contributed by atoms with Crippen molar-refractivity contribution in [1.82, 2.24) is 9.13 Å². The van der Waals surface area contributed by atoms with Gasteiger partial charge in [-0.1, -0.05) is 152 Å². The SMILES string of the molecule is Cc1c(-c2ccccc2)c2c3ccccc3n(-c3ccc4c(c3)Oc3cc(-n5c6ccccc6c6ccccc65)cc5c3B4c3ccc(-c4ccccc4)cc3O5)c2c2sc3ccccc3c12. The molecule has 0 unspecified atom stereocenters. The van der Waals surface area contributed by atoms with Crippen molar-refractivity contribution >= 4 is 98.2 Å². The molecule has 2 aliphatic heterocycles. The molecule has 4 nitrogen and oxygen atoms in total. The Morgan fingerprint density at radius 2 is 0.955 bits per heavy atom. The van der Waals surface area contributed by atoms with Gasteiger partial charge in [0.05, 0.1) is 32.5 Å². The van der Waals surface area contributed by atoms with Crippen LogP contribution < -0.4 is 25.9 Å². The number of hydrogen-bond donors (Lipinski definition) is 0. The van der Waals surface area contributed by atoms with E-state index in [1.807, 2.05) is 11.3 Å². The fourth-order valence-corrected chi connectivity index (χ4v) is 12.9. The minimum atomic E-state index is -0.108. The average molecular weight is 873 g/mol.